The first-order valence-electron chi connectivity index (χ1n) is 14.9. The molecule has 0 amide bonds. The zero-order valence-electron chi connectivity index (χ0n) is 28.1. The van der Waals surface area contributed by atoms with Gasteiger partial charge in [0.15, 0.2) is 0 Å². The number of non-ortho nitro benzene ring substituents is 1. The monoisotopic (exact) mass is 463 g/mol. The van der Waals surface area contributed by atoms with Crippen LogP contribution in [0.15, 0.2) is 102 Å². The highest BCUT2D eigenvalue weighted by Crippen LogP contribution is 2.43. The summed E-state index contributed by atoms with van der Waals surface area (Å²) in [4.78, 5) is 11.0. The van der Waals surface area contributed by atoms with Gasteiger partial charge in [0.25, 0.3) is 5.69 Å². The topological polar surface area (TPSA) is 57.2 Å². The third-order valence-corrected chi connectivity index (χ3v) is 5.56. The minimum atomic E-state index is -0.589. The normalized spacial score (nSPS) is 15.5. The smallest absolute Gasteiger partial charge is 0.258 e. The summed E-state index contributed by atoms with van der Waals surface area (Å²) >= 11 is 0.867. The molecule has 0 heterocycles. The molecular formula is C28H25N2O2S. The molecule has 4 rings (SSSR count). The molecule has 0 aliphatic carbocycles. The SMILES string of the molecule is [2H]c1c([2H])c([2H])c(-c2cc(C(C)(C)C)cc(-c3c([2H])c([2H])c([2H])c([2H])c3[2H])c2[N]Sc2ccc([N+](=O)[O-])cc2)c([2H])c1[2H]. The highest BCUT2D eigenvalue weighted by atomic mass is 32.2. The lowest BCUT2D eigenvalue weighted by Crippen LogP contribution is -2.12. The van der Waals surface area contributed by atoms with Crippen LogP contribution in [-0.4, -0.2) is 4.92 Å². The molecule has 0 aliphatic rings. The van der Waals surface area contributed by atoms with Crippen LogP contribution in [0.25, 0.3) is 22.3 Å². The Morgan fingerprint density at radius 2 is 1.33 bits per heavy atom. The van der Waals surface area contributed by atoms with Crippen LogP contribution < -0.4 is 4.72 Å². The lowest BCUT2D eigenvalue weighted by Gasteiger charge is -2.24. The molecule has 0 fully saturated rings. The van der Waals surface area contributed by atoms with Crippen LogP contribution in [0.2, 0.25) is 0 Å². The standard InChI is InChI=1S/C28H25N2O2S/c1-28(2,3)22-18-25(20-10-6-4-7-11-20)27(26(19-22)21-12-8-5-9-13-21)29-33-24-16-14-23(15-17-24)30(31)32/h4-19H,1-3H3/i4D,5D,6D,7D,8D,9D,10D,11D,12D,13D. The first-order chi connectivity index (χ1) is 20.0. The van der Waals surface area contributed by atoms with Crippen LogP contribution in [0.1, 0.15) is 40.0 Å². The first kappa shape index (κ1) is 13.2. The summed E-state index contributed by atoms with van der Waals surface area (Å²) < 4.78 is 88.5. The van der Waals surface area contributed by atoms with E-state index in [1.54, 1.807) is 12.1 Å². The molecular weight excluding hydrogens is 428 g/mol. The Morgan fingerprint density at radius 1 is 0.848 bits per heavy atom. The van der Waals surface area contributed by atoms with Gasteiger partial charge in [-0.1, -0.05) is 81.2 Å². The Kier molecular flexibility index (Phi) is 3.81. The molecule has 0 spiro atoms. The highest BCUT2D eigenvalue weighted by Gasteiger charge is 2.21. The van der Waals surface area contributed by atoms with E-state index in [1.807, 2.05) is 20.8 Å². The molecule has 4 nitrogen and oxygen atoms in total. The van der Waals surface area contributed by atoms with Crippen molar-refractivity contribution < 1.29 is 18.6 Å². The van der Waals surface area contributed by atoms with Gasteiger partial charge in [-0.25, -0.2) is 4.72 Å². The largest absolute Gasteiger partial charge is 0.269 e. The molecule has 0 N–H and O–H groups in total. The van der Waals surface area contributed by atoms with Gasteiger partial charge in [-0.2, -0.15) is 0 Å². The molecule has 1 radical (unpaired) electrons. The van der Waals surface area contributed by atoms with Crippen LogP contribution in [-0.2, 0) is 5.41 Å². The second-order valence-corrected chi connectivity index (χ2v) is 8.94. The summed E-state index contributed by atoms with van der Waals surface area (Å²) in [5, 5.41) is 11.1. The maximum absolute atomic E-state index is 11.1. The molecule has 4 aromatic carbocycles. The second-order valence-electron chi connectivity index (χ2n) is 8.10. The summed E-state index contributed by atoms with van der Waals surface area (Å²) in [5.74, 6) is 0. The highest BCUT2D eigenvalue weighted by molar-refractivity contribution is 7.97. The molecule has 165 valence electrons. The average Bonchev–Trinajstić information content (AvgIpc) is 2.96. The van der Waals surface area contributed by atoms with Crippen molar-refractivity contribution in [2.75, 3.05) is 0 Å². The third-order valence-electron chi connectivity index (χ3n) is 4.80. The summed E-state index contributed by atoms with van der Waals surface area (Å²) in [5.41, 5.74) is -0.278. The van der Waals surface area contributed by atoms with E-state index in [0.29, 0.717) is 10.5 Å². The van der Waals surface area contributed by atoms with Gasteiger partial charge in [-0.3, -0.25) is 10.1 Å². The fraction of sp³-hybridized carbons (Fsp3) is 0.143. The zero-order chi connectivity index (χ0) is 32.1. The number of nitro benzene ring substituents is 1. The van der Waals surface area contributed by atoms with Gasteiger partial charge in [-0.05, 0) is 46.4 Å². The lowest BCUT2D eigenvalue weighted by atomic mass is 9.82. The van der Waals surface area contributed by atoms with Gasteiger partial charge in [0, 0.05) is 40.1 Å². The minimum absolute atomic E-state index is 0.00779. The maximum atomic E-state index is 11.1. The Balaban J connectivity index is 2.14. The van der Waals surface area contributed by atoms with E-state index < -0.39 is 70.8 Å². The molecule has 33 heavy (non-hydrogen) atoms. The number of benzene rings is 4. The van der Waals surface area contributed by atoms with Crippen LogP contribution in [0.4, 0.5) is 11.4 Å². The van der Waals surface area contributed by atoms with Gasteiger partial charge < -0.3 is 0 Å². The number of nitro groups is 1. The Hall–Kier alpha value is -3.57. The van der Waals surface area contributed by atoms with Crippen molar-refractivity contribution in [3.8, 4) is 22.3 Å². The molecule has 5 heteroatoms. The molecule has 0 unspecified atom stereocenters. The molecule has 0 bridgehead atoms. The molecule has 4 aromatic rings. The Labute approximate surface area is 213 Å². The Morgan fingerprint density at radius 3 is 1.76 bits per heavy atom. The van der Waals surface area contributed by atoms with Crippen molar-refractivity contribution in [1.82, 2.24) is 4.72 Å². The predicted molar refractivity (Wildman–Crippen MR) is 137 cm³/mol. The summed E-state index contributed by atoms with van der Waals surface area (Å²) in [6.07, 6.45) is 0. The summed E-state index contributed by atoms with van der Waals surface area (Å²) in [7, 11) is 0. The van der Waals surface area contributed by atoms with E-state index in [4.69, 9.17) is 13.7 Å². The van der Waals surface area contributed by atoms with E-state index in [0.717, 1.165) is 11.9 Å². The van der Waals surface area contributed by atoms with Crippen molar-refractivity contribution in [2.24, 2.45) is 0 Å². The first-order valence-corrected chi connectivity index (χ1v) is 10.7. The minimum Gasteiger partial charge on any atom is -0.258 e. The van der Waals surface area contributed by atoms with Gasteiger partial charge in [0.05, 0.1) is 24.3 Å². The third kappa shape index (κ3) is 5.26. The molecule has 0 aliphatic heterocycles. The molecule has 0 saturated heterocycles. The Bertz CT molecular complexity index is 1640. The van der Waals surface area contributed by atoms with E-state index in [2.05, 4.69) is 4.72 Å². The number of hydrogen-bond donors (Lipinski definition) is 0. The van der Waals surface area contributed by atoms with E-state index >= 15 is 0 Å². The molecule has 0 atom stereocenters. The van der Waals surface area contributed by atoms with Crippen LogP contribution in [0.3, 0.4) is 0 Å². The van der Waals surface area contributed by atoms with Gasteiger partial charge in [0.2, 0.25) is 0 Å². The van der Waals surface area contributed by atoms with Gasteiger partial charge in [0.1, 0.15) is 0 Å². The van der Waals surface area contributed by atoms with Crippen molar-refractivity contribution >= 4 is 23.3 Å². The fourth-order valence-electron chi connectivity index (χ4n) is 3.04. The number of rotatable bonds is 6. The quantitative estimate of drug-likeness (QED) is 0.165. The van der Waals surface area contributed by atoms with Crippen molar-refractivity contribution in [2.45, 2.75) is 31.1 Å². The number of nitrogens with zero attached hydrogens (tertiary/aromatic N) is 2. The van der Waals surface area contributed by atoms with Crippen LogP contribution in [0, 0.1) is 10.1 Å². The van der Waals surface area contributed by atoms with Crippen molar-refractivity contribution in [3.05, 3.63) is 113 Å². The van der Waals surface area contributed by atoms with Gasteiger partial charge >= 0.3 is 0 Å². The van der Waals surface area contributed by atoms with Crippen LogP contribution in [0.5, 0.6) is 0 Å². The van der Waals surface area contributed by atoms with Crippen LogP contribution >= 0.6 is 11.9 Å². The summed E-state index contributed by atoms with van der Waals surface area (Å²) in [6.45, 7) is 5.63. The molecule has 0 saturated carbocycles. The zero-order valence-corrected chi connectivity index (χ0v) is 18.9. The maximum Gasteiger partial charge on any atom is 0.269 e. The summed E-state index contributed by atoms with van der Waals surface area (Å²) in [6, 6.07) is 3.28. The predicted octanol–water partition coefficient (Wildman–Crippen LogP) is 8.17. The lowest BCUT2D eigenvalue weighted by molar-refractivity contribution is -0.384. The van der Waals surface area contributed by atoms with E-state index in [-0.39, 0.29) is 33.6 Å². The van der Waals surface area contributed by atoms with Gasteiger partial charge in [-0.15, -0.1) is 0 Å². The fourth-order valence-corrected chi connectivity index (χ4v) is 3.69. The van der Waals surface area contributed by atoms with E-state index in [9.17, 15) is 10.1 Å². The van der Waals surface area contributed by atoms with Crippen molar-refractivity contribution in [3.63, 3.8) is 0 Å². The van der Waals surface area contributed by atoms with E-state index in [1.165, 1.54) is 24.3 Å². The molecule has 0 aromatic heterocycles. The average molecular weight is 464 g/mol. The van der Waals surface area contributed by atoms with Crippen molar-refractivity contribution in [1.29, 1.82) is 0 Å². The second kappa shape index (κ2) is 9.51. The number of hydrogen-bond acceptors (Lipinski definition) is 3.